The number of rotatable bonds is 11. The van der Waals surface area contributed by atoms with Crippen LogP contribution in [0.4, 0.5) is 0 Å². The van der Waals surface area contributed by atoms with Gasteiger partial charge in [-0.3, -0.25) is 4.98 Å². The third-order valence-corrected chi connectivity index (χ3v) is 5.44. The number of benzene rings is 1. The molecule has 4 N–H and O–H groups in total. The molecule has 1 fully saturated rings. The Labute approximate surface area is 195 Å². The van der Waals surface area contributed by atoms with Gasteiger partial charge in [-0.15, -0.1) is 0 Å². The zero-order valence-electron chi connectivity index (χ0n) is 17.9. The summed E-state index contributed by atoms with van der Waals surface area (Å²) in [5, 5.41) is 40.1. The minimum atomic E-state index is -1.64. The molecule has 0 bridgehead atoms. The van der Waals surface area contributed by atoms with Gasteiger partial charge in [-0.05, 0) is 43.5 Å². The first-order valence-electron chi connectivity index (χ1n) is 10.7. The van der Waals surface area contributed by atoms with Gasteiger partial charge in [0.2, 0.25) is 0 Å². The van der Waals surface area contributed by atoms with Gasteiger partial charge in [-0.25, -0.2) is 4.79 Å². The summed E-state index contributed by atoms with van der Waals surface area (Å²) in [5.41, 5.74) is 0.760. The van der Waals surface area contributed by atoms with Crippen LogP contribution in [0.15, 0.2) is 30.5 Å². The smallest absolute Gasteiger partial charge is 0.332 e. The van der Waals surface area contributed by atoms with Crippen LogP contribution in [0.1, 0.15) is 19.3 Å². The highest BCUT2D eigenvalue weighted by molar-refractivity contribution is 6.31. The average molecular weight is 486 g/mol. The van der Waals surface area contributed by atoms with Crippen molar-refractivity contribution in [3.05, 3.63) is 35.5 Å². The van der Waals surface area contributed by atoms with Crippen LogP contribution in [-0.4, -0.2) is 88.5 Å². The third kappa shape index (κ3) is 6.97. The van der Waals surface area contributed by atoms with Gasteiger partial charge in [-0.1, -0.05) is 11.6 Å². The van der Waals surface area contributed by atoms with Gasteiger partial charge < -0.3 is 39.4 Å². The molecule has 0 aliphatic carbocycles. The van der Waals surface area contributed by atoms with E-state index in [1.807, 2.05) is 6.07 Å². The quantitative estimate of drug-likeness (QED) is 0.266. The van der Waals surface area contributed by atoms with Gasteiger partial charge in [0.15, 0.2) is 6.29 Å². The molecule has 11 heteroatoms. The summed E-state index contributed by atoms with van der Waals surface area (Å²) in [6.07, 6.45) is -3.23. The van der Waals surface area contributed by atoms with Crippen molar-refractivity contribution in [3.8, 4) is 5.75 Å². The minimum absolute atomic E-state index is 0.180. The Morgan fingerprint density at radius 3 is 2.67 bits per heavy atom. The van der Waals surface area contributed by atoms with Crippen LogP contribution in [0.3, 0.4) is 0 Å². The first-order valence-corrected chi connectivity index (χ1v) is 11.0. The highest BCUT2D eigenvalue weighted by Gasteiger charge is 2.44. The number of esters is 1. The minimum Gasteiger partial charge on any atom is -0.493 e. The van der Waals surface area contributed by atoms with Gasteiger partial charge >= 0.3 is 5.97 Å². The van der Waals surface area contributed by atoms with Crippen molar-refractivity contribution in [2.45, 2.75) is 50.0 Å². The molecule has 1 aliphatic heterocycles. The van der Waals surface area contributed by atoms with Crippen LogP contribution >= 0.6 is 11.6 Å². The summed E-state index contributed by atoms with van der Waals surface area (Å²) in [6.45, 7) is -0.428. The Kier molecular flexibility index (Phi) is 9.63. The molecular weight excluding hydrogens is 458 g/mol. The highest BCUT2D eigenvalue weighted by Crippen LogP contribution is 2.26. The maximum atomic E-state index is 11.9. The predicted molar refractivity (Wildman–Crippen MR) is 117 cm³/mol. The molecule has 3 rings (SSSR count). The standard InChI is InChI=1S/C22H28ClNO9/c23-13-4-5-14-15(10-13)24-7-6-16(14)30-8-2-1-3-9-31-18(26)12-32-21-19(27)17(11-25)33-22(29)20(21)28/h4-7,10,17,19-22,25,27-29H,1-3,8-9,11-12H2/t17-,19-,20-,21+,22?/m1/s1. The monoisotopic (exact) mass is 485 g/mol. The molecule has 33 heavy (non-hydrogen) atoms. The van der Waals surface area contributed by atoms with Crippen molar-refractivity contribution < 1.29 is 44.2 Å². The van der Waals surface area contributed by atoms with Crippen molar-refractivity contribution in [3.63, 3.8) is 0 Å². The largest absolute Gasteiger partial charge is 0.493 e. The number of unbranched alkanes of at least 4 members (excludes halogenated alkanes) is 2. The summed E-state index contributed by atoms with van der Waals surface area (Å²) in [6, 6.07) is 7.22. The van der Waals surface area contributed by atoms with Crippen LogP contribution in [0.5, 0.6) is 5.75 Å². The normalized spacial score (nSPS) is 25.2. The molecule has 182 valence electrons. The Hall–Kier alpha value is -2.05. The van der Waals surface area contributed by atoms with E-state index in [-0.39, 0.29) is 6.61 Å². The average Bonchev–Trinajstić information content (AvgIpc) is 2.80. The fourth-order valence-electron chi connectivity index (χ4n) is 3.44. The fourth-order valence-corrected chi connectivity index (χ4v) is 3.61. The van der Waals surface area contributed by atoms with E-state index in [0.717, 1.165) is 29.5 Å². The van der Waals surface area contributed by atoms with Crippen LogP contribution in [-0.2, 0) is 19.0 Å². The summed E-state index contributed by atoms with van der Waals surface area (Å²) < 4.78 is 21.0. The maximum Gasteiger partial charge on any atom is 0.332 e. The predicted octanol–water partition coefficient (Wildman–Crippen LogP) is 0.797. The number of carbonyl (C=O) groups is 1. The summed E-state index contributed by atoms with van der Waals surface area (Å²) in [7, 11) is 0. The summed E-state index contributed by atoms with van der Waals surface area (Å²) in [5.74, 6) is 0.0559. The van der Waals surface area contributed by atoms with Crippen LogP contribution in [0.2, 0.25) is 5.02 Å². The molecular formula is C22H28ClNO9. The first-order chi connectivity index (χ1) is 15.9. The van der Waals surface area contributed by atoms with E-state index in [0.29, 0.717) is 18.1 Å². The second-order valence-electron chi connectivity index (χ2n) is 7.60. The molecule has 0 radical (unpaired) electrons. The number of aliphatic hydroxyl groups is 4. The molecule has 1 aromatic carbocycles. The summed E-state index contributed by atoms with van der Waals surface area (Å²) >= 11 is 5.99. The van der Waals surface area contributed by atoms with E-state index in [1.54, 1.807) is 24.4 Å². The van der Waals surface area contributed by atoms with Gasteiger partial charge in [0, 0.05) is 16.6 Å². The van der Waals surface area contributed by atoms with E-state index in [4.69, 9.17) is 35.7 Å². The Morgan fingerprint density at radius 2 is 1.88 bits per heavy atom. The second kappa shape index (κ2) is 12.4. The molecule has 10 nitrogen and oxygen atoms in total. The zero-order chi connectivity index (χ0) is 23.8. The number of fused-ring (bicyclic) bond motifs is 1. The second-order valence-corrected chi connectivity index (χ2v) is 8.04. The van der Waals surface area contributed by atoms with Crippen molar-refractivity contribution >= 4 is 28.5 Å². The topological polar surface area (TPSA) is 148 Å². The lowest BCUT2D eigenvalue weighted by molar-refractivity contribution is -0.294. The number of nitrogens with zero attached hydrogens (tertiary/aromatic N) is 1. The fraction of sp³-hybridized carbons (Fsp3) is 0.545. The molecule has 5 atom stereocenters. The number of aliphatic hydroxyl groups excluding tert-OH is 4. The number of halogens is 1. The number of carbonyl (C=O) groups excluding carboxylic acids is 1. The number of hydrogen-bond acceptors (Lipinski definition) is 10. The van der Waals surface area contributed by atoms with E-state index in [2.05, 4.69) is 4.98 Å². The Morgan fingerprint density at radius 1 is 1.09 bits per heavy atom. The van der Waals surface area contributed by atoms with Crippen LogP contribution in [0, 0.1) is 0 Å². The third-order valence-electron chi connectivity index (χ3n) is 5.21. The Balaban J connectivity index is 1.30. The molecule has 1 unspecified atom stereocenters. The SMILES string of the molecule is O=C(CO[C@H]1[C@H](O)[C@@H](CO)OC(O)[C@@H]1O)OCCCCCOc1ccnc2cc(Cl)ccc12. The van der Waals surface area contributed by atoms with Gasteiger partial charge in [0.1, 0.15) is 36.8 Å². The molecule has 1 saturated heterocycles. The zero-order valence-corrected chi connectivity index (χ0v) is 18.6. The highest BCUT2D eigenvalue weighted by atomic mass is 35.5. The maximum absolute atomic E-state index is 11.9. The molecule has 1 aliphatic rings. The molecule has 0 spiro atoms. The van der Waals surface area contributed by atoms with Gasteiger partial charge in [0.25, 0.3) is 0 Å². The van der Waals surface area contributed by atoms with Crippen molar-refractivity contribution in [1.29, 1.82) is 0 Å². The van der Waals surface area contributed by atoms with Crippen LogP contribution < -0.4 is 4.74 Å². The molecule has 0 saturated carbocycles. The lowest BCUT2D eigenvalue weighted by Crippen LogP contribution is -2.59. The number of pyridine rings is 1. The van der Waals surface area contributed by atoms with Crippen molar-refractivity contribution in [1.82, 2.24) is 4.98 Å². The number of ether oxygens (including phenoxy) is 4. The number of aromatic nitrogens is 1. The van der Waals surface area contributed by atoms with E-state index in [1.165, 1.54) is 0 Å². The van der Waals surface area contributed by atoms with Crippen LogP contribution in [0.25, 0.3) is 10.9 Å². The summed E-state index contributed by atoms with van der Waals surface area (Å²) in [4.78, 5) is 16.1. The number of hydrogen-bond donors (Lipinski definition) is 4. The van der Waals surface area contributed by atoms with Gasteiger partial charge in [0.05, 0.1) is 25.3 Å². The molecule has 2 heterocycles. The van der Waals surface area contributed by atoms with E-state index in [9.17, 15) is 20.1 Å². The van der Waals surface area contributed by atoms with E-state index < -0.39 is 49.9 Å². The van der Waals surface area contributed by atoms with Crippen molar-refractivity contribution in [2.24, 2.45) is 0 Å². The molecule has 0 amide bonds. The Bertz CT molecular complexity index is 915. The molecule has 1 aromatic heterocycles. The van der Waals surface area contributed by atoms with Gasteiger partial charge in [-0.2, -0.15) is 0 Å². The lowest BCUT2D eigenvalue weighted by Gasteiger charge is -2.39. The van der Waals surface area contributed by atoms with E-state index >= 15 is 0 Å². The lowest BCUT2D eigenvalue weighted by atomic mass is 9.99. The first kappa shape index (κ1) is 25.6. The molecule has 2 aromatic rings. The van der Waals surface area contributed by atoms with Crippen molar-refractivity contribution in [2.75, 3.05) is 26.4 Å².